The Labute approximate surface area is 151 Å². The van der Waals surface area contributed by atoms with Gasteiger partial charge in [-0.05, 0) is 42.3 Å². The summed E-state index contributed by atoms with van der Waals surface area (Å²) in [5.41, 5.74) is 1.89. The summed E-state index contributed by atoms with van der Waals surface area (Å²) in [7, 11) is 0. The summed E-state index contributed by atoms with van der Waals surface area (Å²) < 4.78 is 21.7. The van der Waals surface area contributed by atoms with Gasteiger partial charge in [0.15, 0.2) is 23.0 Å². The van der Waals surface area contributed by atoms with Crippen LogP contribution in [0.2, 0.25) is 0 Å². The van der Waals surface area contributed by atoms with Crippen molar-refractivity contribution in [3.8, 4) is 23.0 Å². The lowest BCUT2D eigenvalue weighted by atomic mass is 10.1. The molecule has 0 radical (unpaired) electrons. The number of carbonyl (C=O) groups is 1. The van der Waals surface area contributed by atoms with Crippen LogP contribution in [0.25, 0.3) is 0 Å². The van der Waals surface area contributed by atoms with Crippen molar-refractivity contribution in [1.82, 2.24) is 10.6 Å². The Kier molecular flexibility index (Phi) is 4.43. The van der Waals surface area contributed by atoms with Crippen LogP contribution in [-0.4, -0.2) is 26.0 Å². The molecule has 2 aromatic rings. The van der Waals surface area contributed by atoms with Gasteiger partial charge in [0.2, 0.25) is 6.79 Å². The van der Waals surface area contributed by atoms with Crippen molar-refractivity contribution in [3.63, 3.8) is 0 Å². The molecule has 2 amide bonds. The zero-order chi connectivity index (χ0) is 17.9. The lowest BCUT2D eigenvalue weighted by molar-refractivity contribution is 0.171. The number of hydrogen-bond donors (Lipinski definition) is 2. The van der Waals surface area contributed by atoms with Crippen molar-refractivity contribution in [1.29, 1.82) is 0 Å². The van der Waals surface area contributed by atoms with Crippen LogP contribution >= 0.6 is 0 Å². The molecule has 0 spiro atoms. The first-order valence-corrected chi connectivity index (χ1v) is 8.51. The molecular weight excluding hydrogens is 336 g/mol. The molecule has 0 saturated carbocycles. The zero-order valence-corrected chi connectivity index (χ0v) is 14.4. The average molecular weight is 356 g/mol. The molecule has 2 aliphatic heterocycles. The van der Waals surface area contributed by atoms with Crippen LogP contribution in [0.5, 0.6) is 23.0 Å². The lowest BCUT2D eigenvalue weighted by Crippen LogP contribution is -2.36. The van der Waals surface area contributed by atoms with E-state index in [4.69, 9.17) is 18.9 Å². The smallest absolute Gasteiger partial charge is 0.315 e. The Balaban J connectivity index is 1.32. The topological polar surface area (TPSA) is 78.1 Å². The molecule has 26 heavy (non-hydrogen) atoms. The van der Waals surface area contributed by atoms with Gasteiger partial charge in [0.25, 0.3) is 0 Å². The number of fused-ring (bicyclic) bond motifs is 2. The summed E-state index contributed by atoms with van der Waals surface area (Å²) in [5.74, 6) is 2.88. The van der Waals surface area contributed by atoms with Gasteiger partial charge in [0.05, 0.1) is 6.04 Å². The molecule has 2 aromatic carbocycles. The van der Waals surface area contributed by atoms with Crippen LogP contribution in [0.3, 0.4) is 0 Å². The number of nitrogens with one attached hydrogen (secondary N) is 2. The van der Waals surface area contributed by atoms with Crippen LogP contribution in [-0.2, 0) is 6.54 Å². The summed E-state index contributed by atoms with van der Waals surface area (Å²) in [6, 6.07) is 10.9. The summed E-state index contributed by atoms with van der Waals surface area (Å²) in [6.45, 7) is 3.65. The molecule has 2 heterocycles. The number of rotatable bonds is 4. The summed E-state index contributed by atoms with van der Waals surface area (Å²) in [6.07, 6.45) is 0. The minimum Gasteiger partial charge on any atom is -0.486 e. The molecule has 4 rings (SSSR count). The van der Waals surface area contributed by atoms with E-state index in [-0.39, 0.29) is 18.9 Å². The maximum absolute atomic E-state index is 12.2. The Hall–Kier alpha value is -3.09. The maximum atomic E-state index is 12.2. The second kappa shape index (κ2) is 7.03. The predicted molar refractivity (Wildman–Crippen MR) is 93.8 cm³/mol. The third-order valence-electron chi connectivity index (χ3n) is 4.30. The lowest BCUT2D eigenvalue weighted by Gasteiger charge is -2.19. The van der Waals surface area contributed by atoms with E-state index in [9.17, 15) is 4.79 Å². The highest BCUT2D eigenvalue weighted by Gasteiger charge is 2.17. The fourth-order valence-corrected chi connectivity index (χ4v) is 2.89. The van der Waals surface area contributed by atoms with E-state index < -0.39 is 0 Å². The largest absolute Gasteiger partial charge is 0.486 e. The van der Waals surface area contributed by atoms with Gasteiger partial charge in [0, 0.05) is 6.54 Å². The number of carbonyl (C=O) groups excluding carboxylic acids is 1. The molecule has 7 heteroatoms. The molecule has 7 nitrogen and oxygen atoms in total. The molecule has 0 aromatic heterocycles. The van der Waals surface area contributed by atoms with Crippen molar-refractivity contribution in [2.45, 2.75) is 19.5 Å². The van der Waals surface area contributed by atoms with Gasteiger partial charge in [-0.25, -0.2) is 4.79 Å². The number of benzene rings is 2. The number of hydrogen-bond acceptors (Lipinski definition) is 5. The third kappa shape index (κ3) is 3.46. The van der Waals surface area contributed by atoms with Gasteiger partial charge in [-0.15, -0.1) is 0 Å². The highest BCUT2D eigenvalue weighted by atomic mass is 16.7. The first-order chi connectivity index (χ1) is 12.7. The maximum Gasteiger partial charge on any atom is 0.315 e. The highest BCUT2D eigenvalue weighted by Crippen LogP contribution is 2.34. The van der Waals surface area contributed by atoms with Crippen LogP contribution < -0.4 is 29.6 Å². The summed E-state index contributed by atoms with van der Waals surface area (Å²) in [5, 5.41) is 5.77. The van der Waals surface area contributed by atoms with Crippen molar-refractivity contribution >= 4 is 6.03 Å². The van der Waals surface area contributed by atoms with E-state index >= 15 is 0 Å². The predicted octanol–water partition coefficient (Wildman–Crippen LogP) is 2.75. The Bertz CT molecular complexity index is 824. The fraction of sp³-hybridized carbons (Fsp3) is 0.316. The monoisotopic (exact) mass is 356 g/mol. The minimum absolute atomic E-state index is 0.162. The fourth-order valence-electron chi connectivity index (χ4n) is 2.89. The van der Waals surface area contributed by atoms with Gasteiger partial charge in [0.1, 0.15) is 13.2 Å². The van der Waals surface area contributed by atoms with Gasteiger partial charge < -0.3 is 29.6 Å². The van der Waals surface area contributed by atoms with E-state index in [1.807, 2.05) is 43.3 Å². The molecular formula is C19H20N2O5. The standard InChI is InChI=1S/C19H20N2O5/c1-12(14-3-5-16-18(9-14)26-11-25-16)21-19(22)20-10-13-2-4-15-17(8-13)24-7-6-23-15/h2-5,8-9,12H,6-7,10-11H2,1H3,(H2,20,21,22). The van der Waals surface area contributed by atoms with Crippen LogP contribution in [0.15, 0.2) is 36.4 Å². The normalized spacial score (nSPS) is 15.3. The highest BCUT2D eigenvalue weighted by molar-refractivity contribution is 5.74. The zero-order valence-electron chi connectivity index (χ0n) is 14.4. The summed E-state index contributed by atoms with van der Waals surface area (Å²) >= 11 is 0. The van der Waals surface area contributed by atoms with Gasteiger partial charge in [-0.1, -0.05) is 12.1 Å². The second-order valence-electron chi connectivity index (χ2n) is 6.14. The molecule has 2 N–H and O–H groups in total. The number of urea groups is 1. The molecule has 2 aliphatic rings. The first kappa shape index (κ1) is 16.4. The average Bonchev–Trinajstić information content (AvgIpc) is 3.14. The Morgan fingerprint density at radius 2 is 1.65 bits per heavy atom. The van der Waals surface area contributed by atoms with Crippen molar-refractivity contribution < 1.29 is 23.7 Å². The van der Waals surface area contributed by atoms with Crippen molar-refractivity contribution in [2.24, 2.45) is 0 Å². The molecule has 0 bridgehead atoms. The number of ether oxygens (including phenoxy) is 4. The molecule has 136 valence electrons. The van der Waals surface area contributed by atoms with Crippen molar-refractivity contribution in [3.05, 3.63) is 47.5 Å². The van der Waals surface area contributed by atoms with Gasteiger partial charge >= 0.3 is 6.03 Å². The van der Waals surface area contributed by atoms with Crippen LogP contribution in [0.4, 0.5) is 4.79 Å². The van der Waals surface area contributed by atoms with Crippen LogP contribution in [0, 0.1) is 0 Å². The van der Waals surface area contributed by atoms with Crippen molar-refractivity contribution in [2.75, 3.05) is 20.0 Å². The third-order valence-corrected chi connectivity index (χ3v) is 4.30. The van der Waals surface area contributed by atoms with Crippen LogP contribution in [0.1, 0.15) is 24.1 Å². The Morgan fingerprint density at radius 1 is 0.962 bits per heavy atom. The quantitative estimate of drug-likeness (QED) is 0.881. The molecule has 0 aliphatic carbocycles. The first-order valence-electron chi connectivity index (χ1n) is 8.51. The number of amides is 2. The second-order valence-corrected chi connectivity index (χ2v) is 6.14. The van der Waals surface area contributed by atoms with E-state index in [1.54, 1.807) is 0 Å². The minimum atomic E-state index is -0.245. The molecule has 0 saturated heterocycles. The molecule has 1 unspecified atom stereocenters. The van der Waals surface area contributed by atoms with E-state index in [1.165, 1.54) is 0 Å². The molecule has 1 atom stereocenters. The van der Waals surface area contributed by atoms with E-state index in [2.05, 4.69) is 10.6 Å². The van der Waals surface area contributed by atoms with E-state index in [0.717, 1.165) is 22.6 Å². The molecule has 0 fully saturated rings. The SMILES string of the molecule is CC(NC(=O)NCc1ccc2c(c1)OCCO2)c1ccc2c(c1)OCO2. The van der Waals surface area contributed by atoms with Gasteiger partial charge in [-0.3, -0.25) is 0 Å². The van der Waals surface area contributed by atoms with Gasteiger partial charge in [-0.2, -0.15) is 0 Å². The summed E-state index contributed by atoms with van der Waals surface area (Å²) in [4.78, 5) is 12.2. The Morgan fingerprint density at radius 3 is 2.54 bits per heavy atom. The van der Waals surface area contributed by atoms with E-state index in [0.29, 0.717) is 31.3 Å².